The quantitative estimate of drug-likeness (QED) is 0.625. The van der Waals surface area contributed by atoms with Crippen LogP contribution >= 0.6 is 11.3 Å². The first-order chi connectivity index (χ1) is 15.4. The molecule has 1 saturated carbocycles. The Balaban J connectivity index is 1.37. The first kappa shape index (κ1) is 23.2. The zero-order valence-electron chi connectivity index (χ0n) is 18.7. The van der Waals surface area contributed by atoms with Gasteiger partial charge in [-0.25, -0.2) is 13.4 Å². The van der Waals surface area contributed by atoms with Gasteiger partial charge in [0, 0.05) is 37.5 Å². The fourth-order valence-corrected chi connectivity index (χ4v) is 7.06. The molecule has 1 saturated heterocycles. The Morgan fingerprint density at radius 2 is 1.75 bits per heavy atom. The standard InChI is InChI=1S/C23H31N3O4S2/c1-25(18-6-4-3-5-7-18)23(27)21-16-31-22(24-21)17-12-14-26(15-13-17)32(28,29)20-10-8-19(30-2)9-11-20/h8-11,16-18H,3-7,12-15H2,1-2H3. The molecule has 9 heteroatoms. The van der Waals surface area contributed by atoms with Gasteiger partial charge < -0.3 is 9.64 Å². The lowest BCUT2D eigenvalue weighted by Gasteiger charge is -2.31. The van der Waals surface area contributed by atoms with Crippen molar-refractivity contribution in [3.63, 3.8) is 0 Å². The summed E-state index contributed by atoms with van der Waals surface area (Å²) < 4.78 is 32.6. The topological polar surface area (TPSA) is 79.8 Å². The van der Waals surface area contributed by atoms with Crippen molar-refractivity contribution in [1.29, 1.82) is 0 Å². The highest BCUT2D eigenvalue weighted by molar-refractivity contribution is 7.89. The van der Waals surface area contributed by atoms with Gasteiger partial charge in [0.05, 0.1) is 17.0 Å². The maximum absolute atomic E-state index is 13.0. The van der Waals surface area contributed by atoms with Crippen molar-refractivity contribution in [1.82, 2.24) is 14.2 Å². The average Bonchev–Trinajstić information content (AvgIpc) is 3.34. The number of methoxy groups -OCH3 is 1. The number of carbonyl (C=O) groups excluding carboxylic acids is 1. The summed E-state index contributed by atoms with van der Waals surface area (Å²) in [7, 11) is -0.0804. The third-order valence-corrected chi connectivity index (χ3v) is 9.60. The molecule has 0 bridgehead atoms. The second-order valence-corrected chi connectivity index (χ2v) is 11.5. The molecule has 32 heavy (non-hydrogen) atoms. The number of carbonyl (C=O) groups is 1. The van der Waals surface area contributed by atoms with Crippen molar-refractivity contribution in [2.75, 3.05) is 27.2 Å². The molecular weight excluding hydrogens is 446 g/mol. The Morgan fingerprint density at radius 3 is 2.38 bits per heavy atom. The van der Waals surface area contributed by atoms with Gasteiger partial charge in [0.15, 0.2) is 0 Å². The fraction of sp³-hybridized carbons (Fsp3) is 0.565. The summed E-state index contributed by atoms with van der Waals surface area (Å²) in [5, 5.41) is 2.80. The van der Waals surface area contributed by atoms with Crippen LogP contribution < -0.4 is 4.74 Å². The van der Waals surface area contributed by atoms with E-state index in [1.165, 1.54) is 30.6 Å². The van der Waals surface area contributed by atoms with E-state index in [1.807, 2.05) is 17.3 Å². The number of hydrogen-bond donors (Lipinski definition) is 0. The number of thiazole rings is 1. The summed E-state index contributed by atoms with van der Waals surface area (Å²) in [5.41, 5.74) is 0.520. The number of hydrogen-bond acceptors (Lipinski definition) is 6. The smallest absolute Gasteiger partial charge is 0.273 e. The summed E-state index contributed by atoms with van der Waals surface area (Å²) in [6.45, 7) is 0.897. The molecule has 1 aromatic heterocycles. The number of aromatic nitrogens is 1. The highest BCUT2D eigenvalue weighted by atomic mass is 32.2. The van der Waals surface area contributed by atoms with E-state index in [9.17, 15) is 13.2 Å². The molecule has 2 fully saturated rings. The van der Waals surface area contributed by atoms with Gasteiger partial charge in [0.2, 0.25) is 10.0 Å². The fourth-order valence-electron chi connectivity index (χ4n) is 4.63. The lowest BCUT2D eigenvalue weighted by Crippen LogP contribution is -2.38. The molecule has 174 valence electrons. The molecule has 2 heterocycles. The van der Waals surface area contributed by atoms with E-state index in [0.717, 1.165) is 17.8 Å². The first-order valence-electron chi connectivity index (χ1n) is 11.3. The van der Waals surface area contributed by atoms with Crippen LogP contribution in [-0.2, 0) is 10.0 Å². The number of rotatable bonds is 6. The molecule has 0 N–H and O–H groups in total. The second kappa shape index (κ2) is 9.89. The molecule has 4 rings (SSSR count). The lowest BCUT2D eigenvalue weighted by atomic mass is 9.94. The highest BCUT2D eigenvalue weighted by Crippen LogP contribution is 2.33. The van der Waals surface area contributed by atoms with Crippen molar-refractivity contribution in [2.24, 2.45) is 0 Å². The van der Waals surface area contributed by atoms with Crippen molar-refractivity contribution in [3.05, 3.63) is 40.3 Å². The Bertz CT molecular complexity index is 1020. The normalized spacial score (nSPS) is 19.1. The number of sulfonamides is 1. The minimum Gasteiger partial charge on any atom is -0.497 e. The van der Waals surface area contributed by atoms with Gasteiger partial charge >= 0.3 is 0 Å². The molecule has 2 aliphatic rings. The zero-order valence-corrected chi connectivity index (χ0v) is 20.3. The minimum absolute atomic E-state index is 0.00100. The zero-order chi connectivity index (χ0) is 22.7. The van der Waals surface area contributed by atoms with Crippen LogP contribution in [0.5, 0.6) is 5.75 Å². The van der Waals surface area contributed by atoms with Crippen LogP contribution in [0.2, 0.25) is 0 Å². The van der Waals surface area contributed by atoms with Gasteiger partial charge in [0.25, 0.3) is 5.91 Å². The Hall–Kier alpha value is -1.97. The van der Waals surface area contributed by atoms with Gasteiger partial charge in [-0.3, -0.25) is 4.79 Å². The number of ether oxygens (including phenoxy) is 1. The Labute approximate surface area is 194 Å². The molecule has 0 unspecified atom stereocenters. The summed E-state index contributed by atoms with van der Waals surface area (Å²) in [5.74, 6) is 0.814. The summed E-state index contributed by atoms with van der Waals surface area (Å²) in [6.07, 6.45) is 7.17. The third-order valence-electron chi connectivity index (χ3n) is 6.68. The van der Waals surface area contributed by atoms with Crippen LogP contribution in [0.25, 0.3) is 0 Å². The first-order valence-corrected chi connectivity index (χ1v) is 13.6. The molecule has 1 aromatic carbocycles. The maximum Gasteiger partial charge on any atom is 0.273 e. The maximum atomic E-state index is 13.0. The van der Waals surface area contributed by atoms with Crippen molar-refractivity contribution < 1.29 is 17.9 Å². The van der Waals surface area contributed by atoms with Crippen LogP contribution in [0.1, 0.15) is 66.4 Å². The third kappa shape index (κ3) is 4.84. The van der Waals surface area contributed by atoms with Gasteiger partial charge in [0.1, 0.15) is 11.4 Å². The van der Waals surface area contributed by atoms with Crippen LogP contribution in [0, 0.1) is 0 Å². The molecule has 0 radical (unpaired) electrons. The Kier molecular flexibility index (Phi) is 7.17. The van der Waals surface area contributed by atoms with Crippen LogP contribution in [0.4, 0.5) is 0 Å². The summed E-state index contributed by atoms with van der Waals surface area (Å²) in [4.78, 5) is 19.7. The predicted octanol–water partition coefficient (Wildman–Crippen LogP) is 4.12. The molecule has 1 amide bonds. The lowest BCUT2D eigenvalue weighted by molar-refractivity contribution is 0.0691. The second-order valence-electron chi connectivity index (χ2n) is 8.63. The monoisotopic (exact) mass is 477 g/mol. The van der Waals surface area contributed by atoms with Gasteiger partial charge in [-0.15, -0.1) is 11.3 Å². The van der Waals surface area contributed by atoms with Crippen molar-refractivity contribution in [2.45, 2.75) is 61.8 Å². The molecule has 1 aliphatic heterocycles. The van der Waals surface area contributed by atoms with Crippen molar-refractivity contribution in [3.8, 4) is 5.75 Å². The van der Waals surface area contributed by atoms with Crippen LogP contribution in [0.3, 0.4) is 0 Å². The summed E-state index contributed by atoms with van der Waals surface area (Å²) in [6, 6.07) is 6.81. The van der Waals surface area contributed by atoms with Gasteiger partial charge in [-0.2, -0.15) is 4.31 Å². The summed E-state index contributed by atoms with van der Waals surface area (Å²) >= 11 is 1.52. The van der Waals surface area contributed by atoms with E-state index >= 15 is 0 Å². The average molecular weight is 478 g/mol. The number of benzene rings is 1. The van der Waals surface area contributed by atoms with Gasteiger partial charge in [-0.05, 0) is 49.9 Å². The van der Waals surface area contributed by atoms with E-state index in [1.54, 1.807) is 35.7 Å². The number of piperidine rings is 1. The van der Waals surface area contributed by atoms with E-state index in [2.05, 4.69) is 4.98 Å². The molecular formula is C23H31N3O4S2. The predicted molar refractivity (Wildman–Crippen MR) is 125 cm³/mol. The van der Waals surface area contributed by atoms with Crippen molar-refractivity contribution >= 4 is 27.3 Å². The van der Waals surface area contributed by atoms with E-state index < -0.39 is 10.0 Å². The van der Waals surface area contributed by atoms with E-state index in [0.29, 0.717) is 43.4 Å². The minimum atomic E-state index is -3.52. The highest BCUT2D eigenvalue weighted by Gasteiger charge is 2.32. The molecule has 7 nitrogen and oxygen atoms in total. The van der Waals surface area contributed by atoms with E-state index in [-0.39, 0.29) is 16.7 Å². The van der Waals surface area contributed by atoms with Crippen LogP contribution in [-0.4, -0.2) is 61.8 Å². The molecule has 0 atom stereocenters. The largest absolute Gasteiger partial charge is 0.497 e. The molecule has 2 aromatic rings. The Morgan fingerprint density at radius 1 is 1.09 bits per heavy atom. The molecule has 1 aliphatic carbocycles. The molecule has 0 spiro atoms. The number of nitrogens with zero attached hydrogens (tertiary/aromatic N) is 3. The SMILES string of the molecule is COc1ccc(S(=O)(=O)N2CCC(c3nc(C(=O)N(C)C4CCCCC4)cs3)CC2)cc1. The van der Waals surface area contributed by atoms with Crippen LogP contribution in [0.15, 0.2) is 34.5 Å². The van der Waals surface area contributed by atoms with E-state index in [4.69, 9.17) is 4.74 Å². The number of amides is 1. The van der Waals surface area contributed by atoms with Gasteiger partial charge in [-0.1, -0.05) is 19.3 Å².